The third kappa shape index (κ3) is 3.43. The number of carbonyl (C=O) groups excluding carboxylic acids is 1. The van der Waals surface area contributed by atoms with E-state index >= 15 is 0 Å². The van der Waals surface area contributed by atoms with Crippen LogP contribution in [-0.4, -0.2) is 26.2 Å². The zero-order chi connectivity index (χ0) is 17.1. The van der Waals surface area contributed by atoms with Crippen molar-refractivity contribution < 1.29 is 9.90 Å². The molecule has 0 saturated heterocycles. The third-order valence-electron chi connectivity index (χ3n) is 3.71. The van der Waals surface area contributed by atoms with Crippen LogP contribution in [0.5, 0.6) is 5.75 Å². The van der Waals surface area contributed by atoms with Crippen LogP contribution in [0.2, 0.25) is 0 Å². The molecule has 0 spiro atoms. The van der Waals surface area contributed by atoms with Gasteiger partial charge >= 0.3 is 0 Å². The van der Waals surface area contributed by atoms with Crippen LogP contribution >= 0.6 is 0 Å². The van der Waals surface area contributed by atoms with Gasteiger partial charge in [-0.3, -0.25) is 14.9 Å². The van der Waals surface area contributed by atoms with Crippen molar-refractivity contribution in [3.05, 3.63) is 65.6 Å². The minimum absolute atomic E-state index is 0.187. The monoisotopic (exact) mass is 322 g/mol. The van der Waals surface area contributed by atoms with E-state index in [0.717, 1.165) is 16.8 Å². The van der Waals surface area contributed by atoms with E-state index in [1.165, 1.54) is 0 Å². The number of carbonyl (C=O) groups is 1. The number of phenolic OH excluding ortho intramolecular Hbond substituents is 1. The maximum absolute atomic E-state index is 12.3. The van der Waals surface area contributed by atoms with Crippen molar-refractivity contribution in [2.45, 2.75) is 19.9 Å². The maximum atomic E-state index is 12.3. The Balaban J connectivity index is 1.71. The molecule has 3 N–H and O–H groups in total. The number of pyridine rings is 1. The third-order valence-corrected chi connectivity index (χ3v) is 3.71. The lowest BCUT2D eigenvalue weighted by Crippen LogP contribution is -2.27. The molecule has 0 fully saturated rings. The first-order chi connectivity index (χ1) is 11.5. The lowest BCUT2D eigenvalue weighted by Gasteiger charge is -2.12. The van der Waals surface area contributed by atoms with Gasteiger partial charge < -0.3 is 10.4 Å². The minimum Gasteiger partial charge on any atom is -0.508 e. The van der Waals surface area contributed by atoms with Crippen molar-refractivity contribution in [3.8, 4) is 17.0 Å². The Labute approximate surface area is 139 Å². The highest BCUT2D eigenvalue weighted by Gasteiger charge is 2.15. The maximum Gasteiger partial charge on any atom is 0.269 e. The number of aromatic nitrogens is 3. The summed E-state index contributed by atoms with van der Waals surface area (Å²) >= 11 is 0. The van der Waals surface area contributed by atoms with Crippen molar-refractivity contribution in [3.63, 3.8) is 0 Å². The van der Waals surface area contributed by atoms with Gasteiger partial charge in [-0.2, -0.15) is 5.10 Å². The molecule has 1 amide bonds. The highest BCUT2D eigenvalue weighted by molar-refractivity contribution is 5.93. The second kappa shape index (κ2) is 6.54. The van der Waals surface area contributed by atoms with E-state index < -0.39 is 0 Å². The summed E-state index contributed by atoms with van der Waals surface area (Å²) in [6.45, 7) is 3.85. The molecule has 6 nitrogen and oxygen atoms in total. The van der Waals surface area contributed by atoms with Gasteiger partial charge in [-0.05, 0) is 55.8 Å². The Hall–Kier alpha value is -3.15. The van der Waals surface area contributed by atoms with Gasteiger partial charge in [0.05, 0.1) is 17.4 Å². The Bertz CT molecular complexity index is 838. The quantitative estimate of drug-likeness (QED) is 0.688. The summed E-state index contributed by atoms with van der Waals surface area (Å²) < 4.78 is 0. The van der Waals surface area contributed by atoms with Gasteiger partial charge in [-0.15, -0.1) is 0 Å². The van der Waals surface area contributed by atoms with E-state index in [1.807, 2.05) is 26.0 Å². The first kappa shape index (κ1) is 15.7. The van der Waals surface area contributed by atoms with E-state index in [-0.39, 0.29) is 17.7 Å². The molecule has 0 saturated carbocycles. The second-order valence-electron chi connectivity index (χ2n) is 5.67. The summed E-state index contributed by atoms with van der Waals surface area (Å²) in [5.74, 6) is -0.0610. The van der Waals surface area contributed by atoms with Crippen molar-refractivity contribution in [1.29, 1.82) is 0 Å². The average molecular weight is 322 g/mol. The molecule has 3 aromatic rings. The van der Waals surface area contributed by atoms with Crippen LogP contribution in [0.1, 0.15) is 34.7 Å². The smallest absolute Gasteiger partial charge is 0.269 e. The number of nitrogens with zero attached hydrogens (tertiary/aromatic N) is 2. The summed E-state index contributed by atoms with van der Waals surface area (Å²) in [4.78, 5) is 16.7. The molecule has 0 unspecified atom stereocenters. The number of rotatable bonds is 4. The van der Waals surface area contributed by atoms with Gasteiger partial charge in [0.1, 0.15) is 11.4 Å². The number of nitrogens with one attached hydrogen (secondary N) is 2. The number of aryl methyl sites for hydroxylation is 1. The van der Waals surface area contributed by atoms with Crippen LogP contribution in [0.4, 0.5) is 0 Å². The normalized spacial score (nSPS) is 11.9. The van der Waals surface area contributed by atoms with Crippen LogP contribution in [0, 0.1) is 6.92 Å². The largest absolute Gasteiger partial charge is 0.508 e. The molecule has 0 aliphatic rings. The zero-order valence-corrected chi connectivity index (χ0v) is 13.4. The van der Waals surface area contributed by atoms with Crippen LogP contribution < -0.4 is 5.32 Å². The number of phenols is 1. The number of benzene rings is 1. The molecule has 2 heterocycles. The van der Waals surface area contributed by atoms with Crippen LogP contribution in [0.3, 0.4) is 0 Å². The molecule has 0 bridgehead atoms. The Morgan fingerprint density at radius 3 is 2.62 bits per heavy atom. The van der Waals surface area contributed by atoms with Gasteiger partial charge in [0.15, 0.2) is 0 Å². The number of H-pyrrole nitrogens is 1. The fraction of sp³-hybridized carbons (Fsp3) is 0.167. The summed E-state index contributed by atoms with van der Waals surface area (Å²) in [5.41, 5.74) is 3.70. The van der Waals surface area contributed by atoms with Gasteiger partial charge in [0.25, 0.3) is 5.91 Å². The van der Waals surface area contributed by atoms with E-state index in [4.69, 9.17) is 0 Å². The molecule has 1 atom stereocenters. The van der Waals surface area contributed by atoms with Crippen molar-refractivity contribution >= 4 is 5.91 Å². The van der Waals surface area contributed by atoms with Gasteiger partial charge in [-0.25, -0.2) is 0 Å². The minimum atomic E-state index is -0.248. The lowest BCUT2D eigenvalue weighted by molar-refractivity contribution is 0.0934. The molecule has 24 heavy (non-hydrogen) atoms. The Morgan fingerprint density at radius 1 is 1.21 bits per heavy atom. The predicted octanol–water partition coefficient (Wildman–Crippen LogP) is 2.98. The van der Waals surface area contributed by atoms with Gasteiger partial charge in [0, 0.05) is 11.8 Å². The standard InChI is InChI=1S/C18H18N4O2/c1-11-3-8-15(19-10-11)12(2)20-18(24)17-9-16(21-22-17)13-4-6-14(23)7-5-13/h3-10,12,23H,1-2H3,(H,20,24)(H,21,22)/t12-/m0/s1. The summed E-state index contributed by atoms with van der Waals surface area (Å²) in [6.07, 6.45) is 1.77. The molecule has 6 heteroatoms. The predicted molar refractivity (Wildman–Crippen MR) is 90.5 cm³/mol. The Morgan fingerprint density at radius 2 is 1.96 bits per heavy atom. The van der Waals surface area contributed by atoms with E-state index in [2.05, 4.69) is 20.5 Å². The van der Waals surface area contributed by atoms with Crippen molar-refractivity contribution in [2.75, 3.05) is 0 Å². The molecule has 0 aliphatic heterocycles. The van der Waals surface area contributed by atoms with Gasteiger partial charge in [-0.1, -0.05) is 6.07 Å². The fourth-order valence-corrected chi connectivity index (χ4v) is 2.30. The van der Waals surface area contributed by atoms with Crippen molar-refractivity contribution in [1.82, 2.24) is 20.5 Å². The average Bonchev–Trinajstić information content (AvgIpc) is 3.06. The topological polar surface area (TPSA) is 90.9 Å². The zero-order valence-electron chi connectivity index (χ0n) is 13.4. The molecule has 122 valence electrons. The van der Waals surface area contributed by atoms with Crippen LogP contribution in [0.25, 0.3) is 11.3 Å². The van der Waals surface area contributed by atoms with Crippen LogP contribution in [0.15, 0.2) is 48.7 Å². The van der Waals surface area contributed by atoms with E-state index in [9.17, 15) is 9.90 Å². The number of amides is 1. The number of aromatic hydroxyl groups is 1. The SMILES string of the molecule is Cc1ccc([C@H](C)NC(=O)c2cc(-c3ccc(O)cc3)n[nH]2)nc1. The summed E-state index contributed by atoms with van der Waals surface area (Å²) in [6, 6.07) is 12.0. The molecule has 0 aliphatic carbocycles. The molecular formula is C18H18N4O2. The van der Waals surface area contributed by atoms with Crippen LogP contribution in [-0.2, 0) is 0 Å². The van der Waals surface area contributed by atoms with Crippen molar-refractivity contribution in [2.24, 2.45) is 0 Å². The summed E-state index contributed by atoms with van der Waals surface area (Å²) in [7, 11) is 0. The first-order valence-electron chi connectivity index (χ1n) is 7.61. The first-order valence-corrected chi connectivity index (χ1v) is 7.61. The number of hydrogen-bond acceptors (Lipinski definition) is 4. The number of aromatic amines is 1. The van der Waals surface area contributed by atoms with E-state index in [0.29, 0.717) is 11.4 Å². The Kier molecular flexibility index (Phi) is 4.29. The molecule has 2 aromatic heterocycles. The summed E-state index contributed by atoms with van der Waals surface area (Å²) in [5, 5.41) is 19.1. The highest BCUT2D eigenvalue weighted by Crippen LogP contribution is 2.20. The fourth-order valence-electron chi connectivity index (χ4n) is 2.30. The molecular weight excluding hydrogens is 304 g/mol. The molecule has 0 radical (unpaired) electrons. The highest BCUT2D eigenvalue weighted by atomic mass is 16.3. The molecule has 3 rings (SSSR count). The number of hydrogen-bond donors (Lipinski definition) is 3. The lowest BCUT2D eigenvalue weighted by atomic mass is 10.1. The second-order valence-corrected chi connectivity index (χ2v) is 5.67. The van der Waals surface area contributed by atoms with E-state index in [1.54, 1.807) is 36.5 Å². The molecule has 1 aromatic carbocycles. The van der Waals surface area contributed by atoms with Gasteiger partial charge in [0.2, 0.25) is 0 Å².